The number of hydrogen-bond donors (Lipinski definition) is 0. The second-order valence-corrected chi connectivity index (χ2v) is 7.19. The molecule has 4 bridgehead atoms. The van der Waals surface area contributed by atoms with Crippen molar-refractivity contribution in [1.82, 2.24) is 0 Å². The van der Waals surface area contributed by atoms with E-state index in [0.29, 0.717) is 11.2 Å². The zero-order valence-corrected chi connectivity index (χ0v) is 11.2. The largest absolute Gasteiger partial charge is 0.295 e. The minimum Gasteiger partial charge on any atom is -0.295 e. The van der Waals surface area contributed by atoms with E-state index in [4.69, 9.17) is 0 Å². The molecule has 0 aromatic heterocycles. The van der Waals surface area contributed by atoms with Crippen molar-refractivity contribution in [2.24, 2.45) is 29.1 Å². The Kier molecular flexibility index (Phi) is 2.50. The molecule has 94 valence electrons. The molecular weight excluding hydrogens is 208 g/mol. The fraction of sp³-hybridized carbons (Fsp3) is 0.812. The van der Waals surface area contributed by atoms with Gasteiger partial charge in [0.1, 0.15) is 0 Å². The molecule has 0 radical (unpaired) electrons. The molecule has 0 atom stereocenters. The van der Waals surface area contributed by atoms with Gasteiger partial charge in [-0.3, -0.25) is 4.79 Å². The highest BCUT2D eigenvalue weighted by molar-refractivity contribution is 5.94. The van der Waals surface area contributed by atoms with Gasteiger partial charge >= 0.3 is 0 Å². The number of carbonyl (C=O) groups excluding carboxylic acids is 1. The van der Waals surface area contributed by atoms with Gasteiger partial charge in [0.25, 0.3) is 0 Å². The molecule has 0 heterocycles. The molecule has 0 aromatic carbocycles. The minimum atomic E-state index is 0.295. The molecule has 0 unspecified atom stereocenters. The number of carbonyl (C=O) groups is 1. The predicted molar refractivity (Wildman–Crippen MR) is 69.6 cm³/mol. The maximum absolute atomic E-state index is 12.0. The minimum absolute atomic E-state index is 0.295. The van der Waals surface area contributed by atoms with Gasteiger partial charge in [0, 0.05) is 6.42 Å². The lowest BCUT2D eigenvalue weighted by molar-refractivity contribution is -0.132. The lowest BCUT2D eigenvalue weighted by atomic mass is 9.45. The number of rotatable bonds is 3. The quantitative estimate of drug-likeness (QED) is 0.673. The molecule has 4 fully saturated rings. The third-order valence-electron chi connectivity index (χ3n) is 6.02. The first-order valence-corrected chi connectivity index (χ1v) is 7.17. The molecule has 0 N–H and O–H groups in total. The van der Waals surface area contributed by atoms with Crippen LogP contribution < -0.4 is 0 Å². The van der Waals surface area contributed by atoms with Crippen molar-refractivity contribution in [2.45, 2.75) is 52.4 Å². The van der Waals surface area contributed by atoms with Crippen LogP contribution in [-0.2, 0) is 4.79 Å². The molecule has 0 saturated heterocycles. The van der Waals surface area contributed by atoms with E-state index in [1.807, 2.05) is 6.92 Å². The second-order valence-electron chi connectivity index (χ2n) is 7.19. The predicted octanol–water partition coefficient (Wildman–Crippen LogP) is 3.98. The average Bonchev–Trinajstić information content (AvgIpc) is 2.25. The number of ketones is 1. The zero-order chi connectivity index (χ0) is 12.2. The summed E-state index contributed by atoms with van der Waals surface area (Å²) >= 11 is 0. The molecular formula is C16H24O. The van der Waals surface area contributed by atoms with Crippen molar-refractivity contribution in [3.8, 4) is 0 Å². The van der Waals surface area contributed by atoms with Gasteiger partial charge in [0.2, 0.25) is 0 Å². The molecule has 0 spiro atoms. The van der Waals surface area contributed by atoms with Gasteiger partial charge < -0.3 is 0 Å². The van der Waals surface area contributed by atoms with Crippen molar-refractivity contribution in [3.63, 3.8) is 0 Å². The highest BCUT2D eigenvalue weighted by atomic mass is 16.1. The molecule has 1 heteroatoms. The van der Waals surface area contributed by atoms with Gasteiger partial charge in [0.15, 0.2) is 5.78 Å². The monoisotopic (exact) mass is 232 g/mol. The van der Waals surface area contributed by atoms with E-state index in [0.717, 1.165) is 35.7 Å². The van der Waals surface area contributed by atoms with E-state index in [1.165, 1.54) is 32.1 Å². The van der Waals surface area contributed by atoms with E-state index >= 15 is 0 Å². The van der Waals surface area contributed by atoms with Gasteiger partial charge in [0.05, 0.1) is 0 Å². The Bertz CT molecular complexity index is 338. The molecule has 4 rings (SSSR count). The van der Waals surface area contributed by atoms with Crippen molar-refractivity contribution in [1.29, 1.82) is 0 Å². The van der Waals surface area contributed by atoms with Gasteiger partial charge in [-0.2, -0.15) is 0 Å². The highest BCUT2D eigenvalue weighted by Crippen LogP contribution is 2.63. The van der Waals surface area contributed by atoms with Gasteiger partial charge in [-0.15, -0.1) is 0 Å². The summed E-state index contributed by atoms with van der Waals surface area (Å²) in [6, 6.07) is 0. The Morgan fingerprint density at radius 2 is 1.59 bits per heavy atom. The summed E-state index contributed by atoms with van der Waals surface area (Å²) < 4.78 is 0. The van der Waals surface area contributed by atoms with E-state index in [-0.39, 0.29) is 0 Å². The third-order valence-corrected chi connectivity index (χ3v) is 6.02. The summed E-state index contributed by atoms with van der Waals surface area (Å²) in [4.78, 5) is 12.0. The van der Waals surface area contributed by atoms with Crippen LogP contribution in [0.15, 0.2) is 12.2 Å². The van der Waals surface area contributed by atoms with Crippen molar-refractivity contribution < 1.29 is 4.79 Å². The zero-order valence-electron chi connectivity index (χ0n) is 11.2. The molecule has 1 nitrogen and oxygen atoms in total. The van der Waals surface area contributed by atoms with Crippen LogP contribution >= 0.6 is 0 Å². The van der Waals surface area contributed by atoms with E-state index in [9.17, 15) is 4.79 Å². The van der Waals surface area contributed by atoms with Gasteiger partial charge in [-0.25, -0.2) is 0 Å². The van der Waals surface area contributed by atoms with Crippen LogP contribution in [0.5, 0.6) is 0 Å². The fourth-order valence-electron chi connectivity index (χ4n) is 5.05. The number of hydrogen-bond acceptors (Lipinski definition) is 1. The Morgan fingerprint density at radius 1 is 1.12 bits per heavy atom. The Morgan fingerprint density at radius 3 is 2.00 bits per heavy atom. The molecule has 4 aliphatic carbocycles. The fourth-order valence-corrected chi connectivity index (χ4v) is 5.05. The molecule has 0 aliphatic heterocycles. The van der Waals surface area contributed by atoms with Crippen LogP contribution in [0.4, 0.5) is 0 Å². The van der Waals surface area contributed by atoms with E-state index < -0.39 is 0 Å². The first kappa shape index (κ1) is 11.5. The Balaban J connectivity index is 1.82. The first-order valence-electron chi connectivity index (χ1n) is 7.17. The molecule has 4 aliphatic rings. The van der Waals surface area contributed by atoms with Crippen LogP contribution in [-0.4, -0.2) is 5.78 Å². The first-order chi connectivity index (χ1) is 7.99. The molecule has 17 heavy (non-hydrogen) atoms. The average molecular weight is 232 g/mol. The van der Waals surface area contributed by atoms with Crippen LogP contribution in [0.2, 0.25) is 0 Å². The maximum Gasteiger partial charge on any atom is 0.158 e. The van der Waals surface area contributed by atoms with E-state index in [2.05, 4.69) is 13.5 Å². The van der Waals surface area contributed by atoms with Crippen LogP contribution in [0.1, 0.15) is 52.4 Å². The SMILES string of the molecule is C=C(C)C(=O)CC1(C)C2CC3CC(C2)CC1C3. The van der Waals surface area contributed by atoms with Crippen molar-refractivity contribution in [3.05, 3.63) is 12.2 Å². The van der Waals surface area contributed by atoms with Gasteiger partial charge in [-0.05, 0) is 73.7 Å². The molecule has 0 aromatic rings. The van der Waals surface area contributed by atoms with Crippen LogP contribution in [0.3, 0.4) is 0 Å². The summed E-state index contributed by atoms with van der Waals surface area (Å²) in [5, 5.41) is 0. The Labute approximate surface area is 105 Å². The normalized spacial score (nSPS) is 47.2. The smallest absolute Gasteiger partial charge is 0.158 e. The van der Waals surface area contributed by atoms with Crippen molar-refractivity contribution >= 4 is 5.78 Å². The summed E-state index contributed by atoms with van der Waals surface area (Å²) in [5.41, 5.74) is 1.05. The Hall–Kier alpha value is -0.590. The summed E-state index contributed by atoms with van der Waals surface area (Å²) in [7, 11) is 0. The van der Waals surface area contributed by atoms with Crippen molar-refractivity contribution in [2.75, 3.05) is 0 Å². The summed E-state index contributed by atoms with van der Waals surface area (Å²) in [6.07, 6.45) is 7.83. The highest BCUT2D eigenvalue weighted by Gasteiger charge is 2.54. The van der Waals surface area contributed by atoms with Crippen LogP contribution in [0.25, 0.3) is 0 Å². The number of allylic oxidation sites excluding steroid dienone is 1. The molecule has 0 amide bonds. The summed E-state index contributed by atoms with van der Waals surface area (Å²) in [5.74, 6) is 3.93. The molecule has 4 saturated carbocycles. The third kappa shape index (κ3) is 1.70. The topological polar surface area (TPSA) is 17.1 Å². The second kappa shape index (κ2) is 3.70. The summed E-state index contributed by atoms with van der Waals surface area (Å²) in [6.45, 7) is 8.07. The lowest BCUT2D eigenvalue weighted by Crippen LogP contribution is -2.52. The lowest BCUT2D eigenvalue weighted by Gasteiger charge is -2.60. The van der Waals surface area contributed by atoms with Gasteiger partial charge in [-0.1, -0.05) is 13.5 Å². The van der Waals surface area contributed by atoms with Crippen LogP contribution in [0, 0.1) is 29.1 Å². The standard InChI is InChI=1S/C16H24O/c1-10(2)15(17)9-16(3)13-5-11-4-12(7-13)8-14(16)6-11/h11-14H,1,4-9H2,2-3H3. The number of Topliss-reactive ketones (excluding diaryl/α,β-unsaturated/α-hetero) is 1. The maximum atomic E-state index is 12.0. The van der Waals surface area contributed by atoms with E-state index in [1.54, 1.807) is 0 Å².